The summed E-state index contributed by atoms with van der Waals surface area (Å²) in [4.78, 5) is 11.0. The monoisotopic (exact) mass is 310 g/mol. The molecule has 3 rings (SSSR count). The molecule has 2 aliphatic rings. The number of benzene rings is 1. The van der Waals surface area contributed by atoms with Gasteiger partial charge in [-0.15, -0.1) is 0 Å². The lowest BCUT2D eigenvalue weighted by atomic mass is 9.88. The Bertz CT molecular complexity index is 519. The van der Waals surface area contributed by atoms with E-state index in [-0.39, 0.29) is 11.8 Å². The minimum Gasteiger partial charge on any atom is -0.481 e. The fourth-order valence-electron chi connectivity index (χ4n) is 3.20. The zero-order valence-electron chi connectivity index (χ0n) is 11.4. The SMILES string of the molecule is O=C(O)CC1(c2ccc(C3CCSCC3)c(Cl)c2)CC1. The zero-order chi connectivity index (χ0) is 14.2. The molecule has 0 amide bonds. The van der Waals surface area contributed by atoms with Crippen LogP contribution in [0.1, 0.15) is 49.1 Å². The van der Waals surface area contributed by atoms with Gasteiger partial charge in [0.1, 0.15) is 0 Å². The highest BCUT2D eigenvalue weighted by Crippen LogP contribution is 2.52. The Kier molecular flexibility index (Phi) is 4.00. The lowest BCUT2D eigenvalue weighted by Gasteiger charge is -2.24. The van der Waals surface area contributed by atoms with Crippen molar-refractivity contribution in [2.45, 2.75) is 43.4 Å². The standard InChI is InChI=1S/C16H19ClO2S/c17-14-9-12(16(5-6-16)10-15(18)19)1-2-13(14)11-3-7-20-8-4-11/h1-2,9,11H,3-8,10H2,(H,18,19). The van der Waals surface area contributed by atoms with Gasteiger partial charge in [-0.1, -0.05) is 23.7 Å². The molecular weight excluding hydrogens is 292 g/mol. The lowest BCUT2D eigenvalue weighted by Crippen LogP contribution is -2.14. The third kappa shape index (κ3) is 2.84. The fourth-order valence-corrected chi connectivity index (χ4v) is 4.65. The first-order valence-corrected chi connectivity index (χ1v) is 8.73. The molecule has 108 valence electrons. The van der Waals surface area contributed by atoms with Gasteiger partial charge in [0.25, 0.3) is 0 Å². The Balaban J connectivity index is 1.82. The minimum atomic E-state index is -0.716. The summed E-state index contributed by atoms with van der Waals surface area (Å²) in [6.07, 6.45) is 4.56. The van der Waals surface area contributed by atoms with Crippen LogP contribution in [0.2, 0.25) is 5.02 Å². The molecule has 1 aromatic rings. The lowest BCUT2D eigenvalue weighted by molar-refractivity contribution is -0.137. The summed E-state index contributed by atoms with van der Waals surface area (Å²) in [7, 11) is 0. The van der Waals surface area contributed by atoms with E-state index >= 15 is 0 Å². The first-order chi connectivity index (χ1) is 9.61. The number of halogens is 1. The average molecular weight is 311 g/mol. The predicted octanol–water partition coefficient (Wildman–Crippen LogP) is 4.46. The van der Waals surface area contributed by atoms with Gasteiger partial charge in [0.2, 0.25) is 0 Å². The summed E-state index contributed by atoms with van der Waals surface area (Å²) in [6.45, 7) is 0. The van der Waals surface area contributed by atoms with Crippen LogP contribution in [0.4, 0.5) is 0 Å². The highest BCUT2D eigenvalue weighted by molar-refractivity contribution is 7.99. The highest BCUT2D eigenvalue weighted by atomic mass is 35.5. The Hall–Kier alpha value is -0.670. The van der Waals surface area contributed by atoms with E-state index in [1.807, 2.05) is 17.8 Å². The molecule has 1 aliphatic heterocycles. The molecular formula is C16H19ClO2S. The molecule has 2 nitrogen and oxygen atoms in total. The van der Waals surface area contributed by atoms with Crippen LogP contribution in [0.25, 0.3) is 0 Å². The molecule has 4 heteroatoms. The number of carbonyl (C=O) groups is 1. The van der Waals surface area contributed by atoms with Crippen LogP contribution in [-0.2, 0) is 10.2 Å². The molecule has 1 saturated heterocycles. The topological polar surface area (TPSA) is 37.3 Å². The quantitative estimate of drug-likeness (QED) is 0.892. The van der Waals surface area contributed by atoms with Crippen LogP contribution in [-0.4, -0.2) is 22.6 Å². The van der Waals surface area contributed by atoms with Gasteiger partial charge in [0, 0.05) is 10.4 Å². The molecule has 1 saturated carbocycles. The van der Waals surface area contributed by atoms with Crippen LogP contribution in [0.15, 0.2) is 18.2 Å². The van der Waals surface area contributed by atoms with E-state index in [2.05, 4.69) is 12.1 Å². The molecule has 0 unspecified atom stereocenters. The summed E-state index contributed by atoms with van der Waals surface area (Å²) in [5.74, 6) is 2.29. The first-order valence-electron chi connectivity index (χ1n) is 7.20. The van der Waals surface area contributed by atoms with Crippen LogP contribution >= 0.6 is 23.4 Å². The number of aliphatic carboxylic acids is 1. The smallest absolute Gasteiger partial charge is 0.304 e. The summed E-state index contributed by atoms with van der Waals surface area (Å²) >= 11 is 8.49. The van der Waals surface area contributed by atoms with E-state index in [0.717, 1.165) is 23.4 Å². The third-order valence-electron chi connectivity index (χ3n) is 4.62. The van der Waals surface area contributed by atoms with Crippen molar-refractivity contribution in [1.29, 1.82) is 0 Å². The molecule has 0 spiro atoms. The minimum absolute atomic E-state index is 0.142. The molecule has 1 aliphatic carbocycles. The molecule has 2 fully saturated rings. The Morgan fingerprint density at radius 1 is 1.35 bits per heavy atom. The van der Waals surface area contributed by atoms with E-state index in [1.165, 1.54) is 29.9 Å². The molecule has 0 atom stereocenters. The van der Waals surface area contributed by atoms with Gasteiger partial charge in [-0.05, 0) is 60.3 Å². The van der Waals surface area contributed by atoms with Gasteiger partial charge in [-0.3, -0.25) is 4.79 Å². The normalized spacial score (nSPS) is 21.6. The van der Waals surface area contributed by atoms with E-state index < -0.39 is 5.97 Å². The second-order valence-corrected chi connectivity index (χ2v) is 7.61. The molecule has 20 heavy (non-hydrogen) atoms. The van der Waals surface area contributed by atoms with Crippen LogP contribution < -0.4 is 0 Å². The number of thioether (sulfide) groups is 1. The molecule has 0 bridgehead atoms. The summed E-state index contributed by atoms with van der Waals surface area (Å²) < 4.78 is 0. The number of hydrogen-bond donors (Lipinski definition) is 1. The first kappa shape index (κ1) is 14.3. The maximum atomic E-state index is 11.0. The van der Waals surface area contributed by atoms with E-state index in [1.54, 1.807) is 0 Å². The summed E-state index contributed by atoms with van der Waals surface area (Å²) in [5, 5.41) is 9.87. The number of rotatable bonds is 4. The number of carboxylic acid groups (broad SMARTS) is 1. The maximum Gasteiger partial charge on any atom is 0.304 e. The predicted molar refractivity (Wildman–Crippen MR) is 83.9 cm³/mol. The van der Waals surface area contributed by atoms with E-state index in [4.69, 9.17) is 16.7 Å². The highest BCUT2D eigenvalue weighted by Gasteiger charge is 2.46. The molecule has 1 N–H and O–H groups in total. The largest absolute Gasteiger partial charge is 0.481 e. The fraction of sp³-hybridized carbons (Fsp3) is 0.562. The van der Waals surface area contributed by atoms with Gasteiger partial charge in [0.05, 0.1) is 6.42 Å². The number of carboxylic acids is 1. The van der Waals surface area contributed by atoms with Crippen molar-refractivity contribution in [2.75, 3.05) is 11.5 Å². The second kappa shape index (κ2) is 5.61. The molecule has 0 aromatic heterocycles. The third-order valence-corrected chi connectivity index (χ3v) is 5.99. The molecule has 0 radical (unpaired) electrons. The van der Waals surface area contributed by atoms with Gasteiger partial charge in [-0.25, -0.2) is 0 Å². The Morgan fingerprint density at radius 3 is 2.60 bits per heavy atom. The van der Waals surface area contributed by atoms with Gasteiger partial charge in [-0.2, -0.15) is 11.8 Å². The van der Waals surface area contributed by atoms with E-state index in [9.17, 15) is 4.79 Å². The van der Waals surface area contributed by atoms with Crippen molar-refractivity contribution < 1.29 is 9.90 Å². The molecule has 1 aromatic carbocycles. The Labute approximate surface area is 128 Å². The summed E-state index contributed by atoms with van der Waals surface area (Å²) in [6, 6.07) is 6.27. The summed E-state index contributed by atoms with van der Waals surface area (Å²) in [5.41, 5.74) is 2.22. The van der Waals surface area contributed by atoms with Crippen molar-refractivity contribution in [1.82, 2.24) is 0 Å². The van der Waals surface area contributed by atoms with Crippen LogP contribution in [0, 0.1) is 0 Å². The van der Waals surface area contributed by atoms with Gasteiger partial charge >= 0.3 is 5.97 Å². The van der Waals surface area contributed by atoms with Crippen LogP contribution in [0.5, 0.6) is 0 Å². The average Bonchev–Trinajstić information content (AvgIpc) is 3.19. The van der Waals surface area contributed by atoms with Crippen molar-refractivity contribution in [2.24, 2.45) is 0 Å². The van der Waals surface area contributed by atoms with Gasteiger partial charge in [0.15, 0.2) is 0 Å². The number of hydrogen-bond acceptors (Lipinski definition) is 2. The zero-order valence-corrected chi connectivity index (χ0v) is 13.0. The maximum absolute atomic E-state index is 11.0. The second-order valence-electron chi connectivity index (χ2n) is 5.97. The van der Waals surface area contributed by atoms with Crippen molar-refractivity contribution in [3.8, 4) is 0 Å². The Morgan fingerprint density at radius 2 is 2.05 bits per heavy atom. The van der Waals surface area contributed by atoms with Crippen molar-refractivity contribution in [3.05, 3.63) is 34.3 Å². The van der Waals surface area contributed by atoms with Crippen molar-refractivity contribution >= 4 is 29.3 Å². The molecule has 1 heterocycles. The van der Waals surface area contributed by atoms with Crippen LogP contribution in [0.3, 0.4) is 0 Å². The van der Waals surface area contributed by atoms with Gasteiger partial charge < -0.3 is 5.11 Å². The van der Waals surface area contributed by atoms with E-state index in [0.29, 0.717) is 5.92 Å². The van der Waals surface area contributed by atoms with Crippen molar-refractivity contribution in [3.63, 3.8) is 0 Å².